The Morgan fingerprint density at radius 1 is 1.12 bits per heavy atom. The highest BCUT2D eigenvalue weighted by Gasteiger charge is 2.27. The molecule has 5 rings (SSSR count). The molecule has 0 bridgehead atoms. The number of amides is 2. The van der Waals surface area contributed by atoms with Crippen molar-refractivity contribution in [1.82, 2.24) is 34.9 Å². The number of carbonyl (C=O) groups is 1. The molecule has 0 radical (unpaired) electrons. The lowest BCUT2D eigenvalue weighted by atomic mass is 9.91. The molecule has 9 nitrogen and oxygen atoms in total. The van der Waals surface area contributed by atoms with Crippen LogP contribution in [-0.4, -0.2) is 60.8 Å². The van der Waals surface area contributed by atoms with E-state index < -0.39 is 5.82 Å². The average Bonchev–Trinajstić information content (AvgIpc) is 3.16. The Morgan fingerprint density at radius 2 is 1.91 bits per heavy atom. The van der Waals surface area contributed by atoms with E-state index in [1.807, 2.05) is 4.90 Å². The number of halogens is 2. The van der Waals surface area contributed by atoms with Gasteiger partial charge >= 0.3 is 6.03 Å². The zero-order valence-corrected chi connectivity index (χ0v) is 19.9. The highest BCUT2D eigenvalue weighted by atomic mass is 35.5. The van der Waals surface area contributed by atoms with Gasteiger partial charge in [-0.2, -0.15) is 5.10 Å². The molecule has 4 heterocycles. The van der Waals surface area contributed by atoms with Crippen molar-refractivity contribution in [2.24, 2.45) is 7.05 Å². The molecule has 2 amide bonds. The smallest absolute Gasteiger partial charge is 0.317 e. The molecule has 11 heteroatoms. The first-order chi connectivity index (χ1) is 16.5. The molecule has 1 saturated heterocycles. The van der Waals surface area contributed by atoms with Crippen LogP contribution in [-0.2, 0) is 7.05 Å². The van der Waals surface area contributed by atoms with Crippen LogP contribution in [0.2, 0.25) is 5.02 Å². The van der Waals surface area contributed by atoms with E-state index in [0.717, 1.165) is 51.4 Å². The van der Waals surface area contributed by atoms with Crippen molar-refractivity contribution in [2.75, 3.05) is 18.4 Å². The third-order valence-electron chi connectivity index (χ3n) is 6.59. The minimum Gasteiger partial charge on any atom is -0.365 e. The SMILES string of the molecule is Cn1nc(-c2ncc(F)c(NC3CCC[C@@H](NC(=O)N4CCCCC4)C3)n2)c2cc(Cl)cnc21. The first-order valence-electron chi connectivity index (χ1n) is 11.8. The minimum absolute atomic E-state index is 0.00533. The Balaban J connectivity index is 1.31. The number of hydrogen-bond donors (Lipinski definition) is 2. The molecule has 1 aliphatic heterocycles. The number of hydrogen-bond acceptors (Lipinski definition) is 6. The molecule has 2 aliphatic rings. The van der Waals surface area contributed by atoms with Crippen LogP contribution >= 0.6 is 11.6 Å². The number of aryl methyl sites for hydroxylation is 1. The number of pyridine rings is 1. The summed E-state index contributed by atoms with van der Waals surface area (Å²) < 4.78 is 16.3. The summed E-state index contributed by atoms with van der Waals surface area (Å²) >= 11 is 6.13. The van der Waals surface area contributed by atoms with Crippen LogP contribution in [0.1, 0.15) is 44.9 Å². The van der Waals surface area contributed by atoms with E-state index in [-0.39, 0.29) is 23.9 Å². The Bertz CT molecular complexity index is 1200. The Morgan fingerprint density at radius 3 is 2.74 bits per heavy atom. The average molecular weight is 487 g/mol. The summed E-state index contributed by atoms with van der Waals surface area (Å²) in [7, 11) is 1.77. The number of carbonyl (C=O) groups excluding carboxylic acids is 1. The van der Waals surface area contributed by atoms with E-state index in [2.05, 4.69) is 30.7 Å². The molecule has 2 fully saturated rings. The van der Waals surface area contributed by atoms with Crippen molar-refractivity contribution in [1.29, 1.82) is 0 Å². The van der Waals surface area contributed by atoms with Gasteiger partial charge in [-0.05, 0) is 51.0 Å². The largest absolute Gasteiger partial charge is 0.365 e. The molecule has 0 spiro atoms. The van der Waals surface area contributed by atoms with Crippen LogP contribution in [0.5, 0.6) is 0 Å². The fraction of sp³-hybridized carbons (Fsp3) is 0.522. The minimum atomic E-state index is -0.528. The predicted molar refractivity (Wildman–Crippen MR) is 128 cm³/mol. The molecule has 1 unspecified atom stereocenters. The maximum atomic E-state index is 14.7. The van der Waals surface area contributed by atoms with Gasteiger partial charge in [-0.1, -0.05) is 11.6 Å². The van der Waals surface area contributed by atoms with E-state index in [9.17, 15) is 9.18 Å². The van der Waals surface area contributed by atoms with Crippen LogP contribution in [0.15, 0.2) is 18.5 Å². The van der Waals surface area contributed by atoms with Gasteiger partial charge in [0, 0.05) is 38.4 Å². The number of urea groups is 1. The Labute approximate surface area is 202 Å². The zero-order valence-electron chi connectivity index (χ0n) is 19.1. The van der Waals surface area contributed by atoms with E-state index in [1.54, 1.807) is 24.0 Å². The standard InChI is InChI=1S/C23H28ClFN8O/c1-32-22-17(10-14(24)12-27-22)19(31-32)21-26-13-18(25)20(30-21)28-15-6-5-7-16(11-15)29-23(34)33-8-3-2-4-9-33/h10,12-13,15-16H,2-9,11H2,1H3,(H,29,34)(H,26,28,30)/t15?,16-/m1/s1. The van der Waals surface area contributed by atoms with Gasteiger partial charge in [-0.15, -0.1) is 0 Å². The lowest BCUT2D eigenvalue weighted by Crippen LogP contribution is -2.49. The summed E-state index contributed by atoms with van der Waals surface area (Å²) in [5, 5.41) is 12.1. The molecule has 3 aromatic rings. The quantitative estimate of drug-likeness (QED) is 0.575. The summed E-state index contributed by atoms with van der Waals surface area (Å²) in [4.78, 5) is 27.4. The van der Waals surface area contributed by atoms with Crippen molar-refractivity contribution in [3.63, 3.8) is 0 Å². The van der Waals surface area contributed by atoms with Crippen LogP contribution in [0, 0.1) is 5.82 Å². The first kappa shape index (κ1) is 22.8. The summed E-state index contributed by atoms with van der Waals surface area (Å²) in [5.74, 6) is -0.101. The van der Waals surface area contributed by atoms with Crippen molar-refractivity contribution in [3.05, 3.63) is 29.3 Å². The fourth-order valence-electron chi connectivity index (χ4n) is 4.87. The number of likely N-dealkylation sites (tertiary alicyclic amines) is 1. The number of anilines is 1. The monoisotopic (exact) mass is 486 g/mol. The lowest BCUT2D eigenvalue weighted by Gasteiger charge is -2.33. The number of rotatable bonds is 4. The lowest BCUT2D eigenvalue weighted by molar-refractivity contribution is 0.178. The van der Waals surface area contributed by atoms with Crippen molar-refractivity contribution < 1.29 is 9.18 Å². The number of piperidine rings is 1. The number of nitrogens with one attached hydrogen (secondary N) is 2. The predicted octanol–water partition coefficient (Wildman–Crippen LogP) is 4.14. The van der Waals surface area contributed by atoms with Gasteiger partial charge in [0.1, 0.15) is 5.69 Å². The van der Waals surface area contributed by atoms with Crippen LogP contribution in [0.4, 0.5) is 15.0 Å². The molecule has 0 aromatic carbocycles. The molecule has 3 aromatic heterocycles. The maximum Gasteiger partial charge on any atom is 0.317 e. The Kier molecular flexibility index (Phi) is 6.49. The zero-order chi connectivity index (χ0) is 23.7. The second-order valence-corrected chi connectivity index (χ2v) is 9.53. The number of aromatic nitrogens is 5. The molecule has 1 saturated carbocycles. The Hall–Kier alpha value is -3.01. The van der Waals surface area contributed by atoms with Gasteiger partial charge in [0.25, 0.3) is 0 Å². The van der Waals surface area contributed by atoms with Crippen LogP contribution < -0.4 is 10.6 Å². The molecule has 2 atom stereocenters. The fourth-order valence-corrected chi connectivity index (χ4v) is 5.03. The van der Waals surface area contributed by atoms with Crippen molar-refractivity contribution in [2.45, 2.75) is 57.0 Å². The summed E-state index contributed by atoms with van der Waals surface area (Å²) in [6, 6.07) is 1.81. The third kappa shape index (κ3) is 4.77. The van der Waals surface area contributed by atoms with Gasteiger partial charge in [0.2, 0.25) is 0 Å². The molecule has 34 heavy (non-hydrogen) atoms. The highest BCUT2D eigenvalue weighted by molar-refractivity contribution is 6.31. The third-order valence-corrected chi connectivity index (χ3v) is 6.79. The molecule has 180 valence electrons. The van der Waals surface area contributed by atoms with Crippen LogP contribution in [0.3, 0.4) is 0 Å². The van der Waals surface area contributed by atoms with Crippen molar-refractivity contribution >= 4 is 34.5 Å². The molecular formula is C23H28ClFN8O. The van der Waals surface area contributed by atoms with Crippen molar-refractivity contribution in [3.8, 4) is 11.5 Å². The van der Waals surface area contributed by atoms with E-state index in [4.69, 9.17) is 11.6 Å². The molecule has 2 N–H and O–H groups in total. The van der Waals surface area contributed by atoms with Gasteiger partial charge in [0.15, 0.2) is 23.1 Å². The van der Waals surface area contributed by atoms with E-state index in [0.29, 0.717) is 34.0 Å². The number of fused-ring (bicyclic) bond motifs is 1. The second kappa shape index (κ2) is 9.69. The topological polar surface area (TPSA) is 101 Å². The summed E-state index contributed by atoms with van der Waals surface area (Å²) in [6.45, 7) is 1.64. The second-order valence-electron chi connectivity index (χ2n) is 9.09. The summed E-state index contributed by atoms with van der Waals surface area (Å²) in [5.41, 5.74) is 1.13. The highest BCUT2D eigenvalue weighted by Crippen LogP contribution is 2.28. The van der Waals surface area contributed by atoms with E-state index in [1.165, 1.54) is 6.42 Å². The maximum absolute atomic E-state index is 14.7. The first-order valence-corrected chi connectivity index (χ1v) is 12.2. The van der Waals surface area contributed by atoms with Crippen LogP contribution in [0.25, 0.3) is 22.6 Å². The van der Waals surface area contributed by atoms with Gasteiger partial charge < -0.3 is 15.5 Å². The molecular weight excluding hydrogens is 459 g/mol. The van der Waals surface area contributed by atoms with Gasteiger partial charge in [-0.25, -0.2) is 28.8 Å². The summed E-state index contributed by atoms with van der Waals surface area (Å²) in [6.07, 6.45) is 9.46. The number of nitrogens with zero attached hydrogens (tertiary/aromatic N) is 6. The normalized spacial score (nSPS) is 21.0. The van der Waals surface area contributed by atoms with Gasteiger partial charge in [-0.3, -0.25) is 0 Å². The van der Waals surface area contributed by atoms with Gasteiger partial charge in [0.05, 0.1) is 16.6 Å². The molecule has 1 aliphatic carbocycles. The van der Waals surface area contributed by atoms with E-state index >= 15 is 0 Å².